The van der Waals surface area contributed by atoms with Crippen LogP contribution in [0, 0.1) is 11.3 Å². The van der Waals surface area contributed by atoms with E-state index in [2.05, 4.69) is 4.90 Å². The Kier molecular flexibility index (Phi) is 4.20. The van der Waals surface area contributed by atoms with Crippen molar-refractivity contribution >= 4 is 11.8 Å². The third-order valence-corrected chi connectivity index (χ3v) is 5.56. The fourth-order valence-corrected chi connectivity index (χ4v) is 4.03. The van der Waals surface area contributed by atoms with Gasteiger partial charge in [0.2, 0.25) is 11.8 Å². The Morgan fingerprint density at radius 2 is 2.05 bits per heavy atom. The van der Waals surface area contributed by atoms with Crippen molar-refractivity contribution in [3.05, 3.63) is 0 Å². The molecule has 0 aromatic heterocycles. The van der Waals surface area contributed by atoms with E-state index in [0.717, 1.165) is 32.4 Å². The number of amides is 2. The fraction of sp³-hybridized carbons (Fsp3) is 0.875. The molecule has 21 heavy (non-hydrogen) atoms. The minimum Gasteiger partial charge on any atom is -0.396 e. The SMILES string of the molecule is O=C(CCO)N1CC[C@@]2(CCCN(CC3CCC3)C2=O)C1. The van der Waals surface area contributed by atoms with Gasteiger partial charge in [-0.25, -0.2) is 0 Å². The lowest BCUT2D eigenvalue weighted by atomic mass is 9.77. The zero-order valence-corrected chi connectivity index (χ0v) is 12.7. The molecule has 2 saturated heterocycles. The van der Waals surface area contributed by atoms with E-state index in [1.165, 1.54) is 19.3 Å². The van der Waals surface area contributed by atoms with E-state index >= 15 is 0 Å². The maximum absolute atomic E-state index is 12.9. The fourth-order valence-electron chi connectivity index (χ4n) is 4.03. The molecule has 3 rings (SSSR count). The number of rotatable bonds is 4. The molecular weight excluding hydrogens is 268 g/mol. The molecule has 2 amide bonds. The van der Waals surface area contributed by atoms with Crippen molar-refractivity contribution in [1.29, 1.82) is 0 Å². The van der Waals surface area contributed by atoms with Crippen LogP contribution in [0.15, 0.2) is 0 Å². The van der Waals surface area contributed by atoms with Crippen molar-refractivity contribution in [2.24, 2.45) is 11.3 Å². The standard InChI is InChI=1S/C16H26N2O3/c19-10-5-14(20)18-9-7-16(12-18)6-2-8-17(15(16)21)11-13-3-1-4-13/h13,19H,1-12H2/t16-/m0/s1. The summed E-state index contributed by atoms with van der Waals surface area (Å²) in [6, 6.07) is 0. The summed E-state index contributed by atoms with van der Waals surface area (Å²) in [7, 11) is 0. The van der Waals surface area contributed by atoms with Crippen molar-refractivity contribution in [2.75, 3.05) is 32.8 Å². The van der Waals surface area contributed by atoms with Crippen LogP contribution in [0.4, 0.5) is 0 Å². The minimum absolute atomic E-state index is 0.0155. The number of nitrogens with zero attached hydrogens (tertiary/aromatic N) is 2. The molecule has 1 spiro atoms. The molecule has 0 aromatic carbocycles. The van der Waals surface area contributed by atoms with Crippen molar-refractivity contribution in [2.45, 2.75) is 44.9 Å². The van der Waals surface area contributed by atoms with Crippen molar-refractivity contribution in [3.8, 4) is 0 Å². The van der Waals surface area contributed by atoms with Crippen molar-refractivity contribution < 1.29 is 14.7 Å². The molecule has 0 unspecified atom stereocenters. The highest BCUT2D eigenvalue weighted by atomic mass is 16.3. The lowest BCUT2D eigenvalue weighted by Crippen LogP contribution is -2.52. The van der Waals surface area contributed by atoms with Gasteiger partial charge in [0.25, 0.3) is 0 Å². The van der Waals surface area contributed by atoms with Gasteiger partial charge >= 0.3 is 0 Å². The van der Waals surface area contributed by atoms with Gasteiger partial charge in [0.15, 0.2) is 0 Å². The molecule has 5 nitrogen and oxygen atoms in total. The van der Waals surface area contributed by atoms with Crippen LogP contribution in [0.5, 0.6) is 0 Å². The Morgan fingerprint density at radius 1 is 1.24 bits per heavy atom. The first-order valence-electron chi connectivity index (χ1n) is 8.33. The lowest BCUT2D eigenvalue weighted by molar-refractivity contribution is -0.147. The average molecular weight is 294 g/mol. The molecule has 1 aliphatic carbocycles. The quantitative estimate of drug-likeness (QED) is 0.842. The Morgan fingerprint density at radius 3 is 2.71 bits per heavy atom. The number of likely N-dealkylation sites (tertiary alicyclic amines) is 2. The number of carbonyl (C=O) groups excluding carboxylic acids is 2. The summed E-state index contributed by atoms with van der Waals surface area (Å²) in [5, 5.41) is 8.90. The molecule has 1 atom stereocenters. The monoisotopic (exact) mass is 294 g/mol. The highest BCUT2D eigenvalue weighted by molar-refractivity contribution is 5.86. The van der Waals surface area contributed by atoms with Gasteiger partial charge in [-0.15, -0.1) is 0 Å². The van der Waals surface area contributed by atoms with E-state index in [1.54, 1.807) is 4.90 Å². The van der Waals surface area contributed by atoms with Crippen LogP contribution in [-0.2, 0) is 9.59 Å². The number of aliphatic hydroxyl groups excluding tert-OH is 1. The van der Waals surface area contributed by atoms with Gasteiger partial charge in [0.1, 0.15) is 0 Å². The van der Waals surface area contributed by atoms with Gasteiger partial charge in [-0.2, -0.15) is 0 Å². The first-order chi connectivity index (χ1) is 10.1. The summed E-state index contributed by atoms with van der Waals surface area (Å²) in [5.41, 5.74) is -0.326. The van der Waals surface area contributed by atoms with Gasteiger partial charge in [0, 0.05) is 32.6 Å². The highest BCUT2D eigenvalue weighted by Crippen LogP contribution is 2.41. The number of hydrogen-bond donors (Lipinski definition) is 1. The number of piperidine rings is 1. The van der Waals surface area contributed by atoms with Crippen molar-refractivity contribution in [3.63, 3.8) is 0 Å². The van der Waals surface area contributed by atoms with Crippen LogP contribution in [0.2, 0.25) is 0 Å². The van der Waals surface area contributed by atoms with Crippen molar-refractivity contribution in [1.82, 2.24) is 9.80 Å². The number of aliphatic hydroxyl groups is 1. The maximum atomic E-state index is 12.9. The second kappa shape index (κ2) is 5.95. The second-order valence-electron chi connectivity index (χ2n) is 6.97. The second-order valence-corrected chi connectivity index (χ2v) is 6.97. The Bertz CT molecular complexity index is 422. The molecule has 0 bridgehead atoms. The first-order valence-corrected chi connectivity index (χ1v) is 8.33. The lowest BCUT2D eigenvalue weighted by Gasteiger charge is -2.42. The largest absolute Gasteiger partial charge is 0.396 e. The van der Waals surface area contributed by atoms with Gasteiger partial charge in [-0.05, 0) is 38.0 Å². The van der Waals surface area contributed by atoms with Crippen LogP contribution in [0.3, 0.4) is 0 Å². The predicted octanol–water partition coefficient (Wildman–Crippen LogP) is 1.01. The average Bonchev–Trinajstić information content (AvgIpc) is 2.84. The van der Waals surface area contributed by atoms with Gasteiger partial charge in [-0.3, -0.25) is 9.59 Å². The zero-order valence-electron chi connectivity index (χ0n) is 12.7. The number of hydrogen-bond acceptors (Lipinski definition) is 3. The topological polar surface area (TPSA) is 60.9 Å². The molecule has 1 N–H and O–H groups in total. The summed E-state index contributed by atoms with van der Waals surface area (Å²) in [4.78, 5) is 28.7. The molecular formula is C16H26N2O3. The summed E-state index contributed by atoms with van der Waals surface area (Å²) in [5.74, 6) is 0.968. The summed E-state index contributed by atoms with van der Waals surface area (Å²) in [6.07, 6.45) is 6.77. The molecule has 5 heteroatoms. The highest BCUT2D eigenvalue weighted by Gasteiger charge is 2.49. The smallest absolute Gasteiger partial charge is 0.230 e. The van der Waals surface area contributed by atoms with Gasteiger partial charge in [0.05, 0.1) is 12.0 Å². The molecule has 0 aromatic rings. The Hall–Kier alpha value is -1.10. The summed E-state index contributed by atoms with van der Waals surface area (Å²) < 4.78 is 0. The van der Waals surface area contributed by atoms with Crippen LogP contribution in [-0.4, -0.2) is 59.5 Å². The van der Waals surface area contributed by atoms with E-state index in [0.29, 0.717) is 19.0 Å². The van der Waals surface area contributed by atoms with Gasteiger partial charge < -0.3 is 14.9 Å². The summed E-state index contributed by atoms with van der Waals surface area (Å²) >= 11 is 0. The van der Waals surface area contributed by atoms with E-state index < -0.39 is 0 Å². The first kappa shape index (κ1) is 14.8. The summed E-state index contributed by atoms with van der Waals surface area (Å²) in [6.45, 7) is 2.94. The molecule has 1 saturated carbocycles. The van der Waals surface area contributed by atoms with E-state index in [9.17, 15) is 9.59 Å². The normalized spacial score (nSPS) is 30.0. The Balaban J connectivity index is 1.63. The zero-order chi connectivity index (χ0) is 14.9. The predicted molar refractivity (Wildman–Crippen MR) is 78.5 cm³/mol. The molecule has 2 heterocycles. The van der Waals surface area contributed by atoms with Crippen LogP contribution in [0.25, 0.3) is 0 Å². The molecule has 2 aliphatic heterocycles. The van der Waals surface area contributed by atoms with Crippen LogP contribution in [0.1, 0.15) is 44.9 Å². The third-order valence-electron chi connectivity index (χ3n) is 5.56. The van der Waals surface area contributed by atoms with Crippen LogP contribution >= 0.6 is 0 Å². The van der Waals surface area contributed by atoms with Crippen LogP contribution < -0.4 is 0 Å². The molecule has 0 radical (unpaired) electrons. The minimum atomic E-state index is -0.326. The third kappa shape index (κ3) is 2.80. The maximum Gasteiger partial charge on any atom is 0.230 e. The van der Waals surface area contributed by atoms with E-state index in [1.807, 2.05) is 0 Å². The molecule has 3 fully saturated rings. The molecule has 118 valence electrons. The van der Waals surface area contributed by atoms with Gasteiger partial charge in [-0.1, -0.05) is 6.42 Å². The Labute approximate surface area is 126 Å². The molecule has 3 aliphatic rings. The van der Waals surface area contributed by atoms with E-state index in [4.69, 9.17) is 5.11 Å². The number of carbonyl (C=O) groups is 2. The van der Waals surface area contributed by atoms with E-state index in [-0.39, 0.29) is 30.3 Å².